The van der Waals surface area contributed by atoms with Crippen LogP contribution < -0.4 is 15.4 Å². The van der Waals surface area contributed by atoms with E-state index in [4.69, 9.17) is 4.74 Å². The summed E-state index contributed by atoms with van der Waals surface area (Å²) in [6, 6.07) is 6.13. The summed E-state index contributed by atoms with van der Waals surface area (Å²) in [5, 5.41) is 17.6. The number of nitrogens with one attached hydrogen (secondary N) is 2. The molecule has 2 amide bonds. The second-order valence-corrected chi connectivity index (χ2v) is 5.67. The highest BCUT2D eigenvalue weighted by atomic mass is 19.3. The molecule has 1 aromatic carbocycles. The Kier molecular flexibility index (Phi) is 7.81. The molecule has 8 nitrogen and oxygen atoms in total. The van der Waals surface area contributed by atoms with Crippen LogP contribution in [0.25, 0.3) is 0 Å². The Labute approximate surface area is 157 Å². The third-order valence-electron chi connectivity index (χ3n) is 3.44. The van der Waals surface area contributed by atoms with E-state index in [9.17, 15) is 27.9 Å². The number of hydrogen-bond acceptors (Lipinski definition) is 6. The third kappa shape index (κ3) is 6.91. The molecule has 1 atom stereocenters. The van der Waals surface area contributed by atoms with E-state index in [-0.39, 0.29) is 37.6 Å². The van der Waals surface area contributed by atoms with Gasteiger partial charge in [0.05, 0.1) is 6.10 Å². The van der Waals surface area contributed by atoms with E-state index in [0.29, 0.717) is 0 Å². The Bertz CT molecular complexity index is 800. The number of aliphatic hydroxyl groups is 1. The second-order valence-electron chi connectivity index (χ2n) is 5.67. The van der Waals surface area contributed by atoms with Crippen LogP contribution in [-0.2, 0) is 4.79 Å². The number of halogens is 3. The number of ether oxygens (including phenoxy) is 1. The van der Waals surface area contributed by atoms with Crippen molar-refractivity contribution in [3.8, 4) is 5.75 Å². The van der Waals surface area contributed by atoms with Crippen LogP contribution in [0.4, 0.5) is 13.2 Å². The SMILES string of the molecule is O=C(COc1cccc(F)c1)NC[C@@H](O)CCNC(=O)c1cc(C(F)F)no1. The molecule has 0 aliphatic heterocycles. The maximum absolute atomic E-state index is 13.0. The summed E-state index contributed by atoms with van der Waals surface area (Å²) in [7, 11) is 0. The minimum atomic E-state index is -2.85. The van der Waals surface area contributed by atoms with Gasteiger partial charge in [-0.25, -0.2) is 13.2 Å². The highest BCUT2D eigenvalue weighted by Crippen LogP contribution is 2.17. The van der Waals surface area contributed by atoms with Gasteiger partial charge in [0.1, 0.15) is 11.6 Å². The topological polar surface area (TPSA) is 114 Å². The molecule has 11 heteroatoms. The molecular weight excluding hydrogens is 383 g/mol. The fourth-order valence-corrected chi connectivity index (χ4v) is 2.03. The van der Waals surface area contributed by atoms with Crippen molar-refractivity contribution in [1.29, 1.82) is 0 Å². The molecule has 0 bridgehead atoms. The van der Waals surface area contributed by atoms with Gasteiger partial charge in [-0.05, 0) is 18.6 Å². The molecule has 1 heterocycles. The molecule has 2 rings (SSSR count). The van der Waals surface area contributed by atoms with Crippen molar-refractivity contribution < 1.29 is 37.1 Å². The van der Waals surface area contributed by atoms with Crippen molar-refractivity contribution in [2.75, 3.05) is 19.7 Å². The summed E-state index contributed by atoms with van der Waals surface area (Å²) in [5.74, 6) is -1.94. The van der Waals surface area contributed by atoms with E-state index in [1.165, 1.54) is 18.2 Å². The molecule has 1 aromatic heterocycles. The number of aliphatic hydroxyl groups excluding tert-OH is 1. The lowest BCUT2D eigenvalue weighted by Gasteiger charge is -2.12. The normalized spacial score (nSPS) is 11.9. The van der Waals surface area contributed by atoms with E-state index in [1.807, 2.05) is 0 Å². The summed E-state index contributed by atoms with van der Waals surface area (Å²) in [6.45, 7) is -0.440. The lowest BCUT2D eigenvalue weighted by atomic mass is 10.2. The van der Waals surface area contributed by atoms with E-state index in [2.05, 4.69) is 20.3 Å². The van der Waals surface area contributed by atoms with E-state index >= 15 is 0 Å². The zero-order chi connectivity index (χ0) is 20.5. The van der Waals surface area contributed by atoms with Gasteiger partial charge in [-0.3, -0.25) is 9.59 Å². The van der Waals surface area contributed by atoms with Crippen molar-refractivity contribution in [1.82, 2.24) is 15.8 Å². The van der Waals surface area contributed by atoms with Gasteiger partial charge in [0.15, 0.2) is 12.3 Å². The predicted molar refractivity (Wildman–Crippen MR) is 89.3 cm³/mol. The molecule has 0 radical (unpaired) electrons. The van der Waals surface area contributed by atoms with Crippen LogP contribution in [-0.4, -0.2) is 47.9 Å². The van der Waals surface area contributed by atoms with E-state index in [1.54, 1.807) is 0 Å². The van der Waals surface area contributed by atoms with Gasteiger partial charge in [-0.15, -0.1) is 0 Å². The highest BCUT2D eigenvalue weighted by molar-refractivity contribution is 5.91. The van der Waals surface area contributed by atoms with Crippen molar-refractivity contribution in [3.63, 3.8) is 0 Å². The molecule has 0 aliphatic carbocycles. The number of aromatic nitrogens is 1. The molecule has 0 saturated carbocycles. The van der Waals surface area contributed by atoms with E-state index in [0.717, 1.165) is 12.1 Å². The first-order valence-electron chi connectivity index (χ1n) is 8.21. The fourth-order valence-electron chi connectivity index (χ4n) is 2.03. The largest absolute Gasteiger partial charge is 0.484 e. The number of benzene rings is 1. The lowest BCUT2D eigenvalue weighted by Crippen LogP contribution is -2.37. The molecule has 0 aliphatic rings. The van der Waals surface area contributed by atoms with Crippen molar-refractivity contribution in [2.24, 2.45) is 0 Å². The lowest BCUT2D eigenvalue weighted by molar-refractivity contribution is -0.123. The van der Waals surface area contributed by atoms with Crippen molar-refractivity contribution in [3.05, 3.63) is 47.6 Å². The average Bonchev–Trinajstić information content (AvgIpc) is 3.15. The molecule has 0 fully saturated rings. The Morgan fingerprint density at radius 2 is 2.04 bits per heavy atom. The molecule has 0 saturated heterocycles. The van der Waals surface area contributed by atoms with Crippen LogP contribution in [0.1, 0.15) is 29.1 Å². The van der Waals surface area contributed by atoms with Crippen LogP contribution in [0.3, 0.4) is 0 Å². The molecule has 2 aromatic rings. The third-order valence-corrected chi connectivity index (χ3v) is 3.44. The summed E-state index contributed by atoms with van der Waals surface area (Å²) in [6.07, 6.45) is -3.72. The zero-order valence-electron chi connectivity index (χ0n) is 14.5. The molecule has 0 spiro atoms. The first kappa shape index (κ1) is 21.2. The minimum Gasteiger partial charge on any atom is -0.484 e. The van der Waals surface area contributed by atoms with Crippen LogP contribution in [0, 0.1) is 5.82 Å². The zero-order valence-corrected chi connectivity index (χ0v) is 14.5. The van der Waals surface area contributed by atoms with Gasteiger partial charge in [-0.2, -0.15) is 0 Å². The van der Waals surface area contributed by atoms with Crippen LogP contribution in [0.5, 0.6) is 5.75 Å². The molecular formula is C17H18F3N3O5. The molecule has 152 valence electrons. The number of carbonyl (C=O) groups is 2. The standard InChI is InChI=1S/C17H18F3N3O5/c18-10-2-1-3-12(6-10)27-9-15(25)22-8-11(24)4-5-21-17(26)14-7-13(16(19)20)23-28-14/h1-3,6-7,11,16,24H,4-5,8-9H2,(H,21,26)(H,22,25)/t11-/m0/s1. The molecule has 0 unspecified atom stereocenters. The van der Waals surface area contributed by atoms with Crippen LogP contribution in [0.2, 0.25) is 0 Å². The van der Waals surface area contributed by atoms with Gasteiger partial charge >= 0.3 is 0 Å². The fraction of sp³-hybridized carbons (Fsp3) is 0.353. The molecule has 28 heavy (non-hydrogen) atoms. The first-order chi connectivity index (χ1) is 13.3. The van der Waals surface area contributed by atoms with Gasteiger partial charge in [-0.1, -0.05) is 11.2 Å². The van der Waals surface area contributed by atoms with Crippen LogP contribution >= 0.6 is 0 Å². The minimum absolute atomic E-state index is 0.0143. The summed E-state index contributed by atoms with van der Waals surface area (Å²) < 4.78 is 47.3. The smallest absolute Gasteiger partial charge is 0.289 e. The highest BCUT2D eigenvalue weighted by Gasteiger charge is 2.18. The number of nitrogens with zero attached hydrogens (tertiary/aromatic N) is 1. The summed E-state index contributed by atoms with van der Waals surface area (Å²) >= 11 is 0. The summed E-state index contributed by atoms with van der Waals surface area (Å²) in [5.41, 5.74) is -0.645. The van der Waals surface area contributed by atoms with Crippen molar-refractivity contribution in [2.45, 2.75) is 19.0 Å². The number of alkyl halides is 2. The second kappa shape index (κ2) is 10.3. The maximum atomic E-state index is 13.0. The number of carbonyl (C=O) groups excluding carboxylic acids is 2. The van der Waals surface area contributed by atoms with E-state index < -0.39 is 35.9 Å². The Hall–Kier alpha value is -3.08. The Balaban J connectivity index is 1.61. The quantitative estimate of drug-likeness (QED) is 0.555. The number of amides is 2. The Morgan fingerprint density at radius 1 is 1.25 bits per heavy atom. The van der Waals surface area contributed by atoms with Gasteiger partial charge in [0, 0.05) is 25.2 Å². The number of hydrogen-bond donors (Lipinski definition) is 3. The Morgan fingerprint density at radius 3 is 2.71 bits per heavy atom. The van der Waals surface area contributed by atoms with Crippen LogP contribution in [0.15, 0.2) is 34.9 Å². The van der Waals surface area contributed by atoms with Crippen molar-refractivity contribution >= 4 is 11.8 Å². The van der Waals surface area contributed by atoms with Gasteiger partial charge in [0.25, 0.3) is 18.2 Å². The first-order valence-corrected chi connectivity index (χ1v) is 8.21. The van der Waals surface area contributed by atoms with Gasteiger partial charge < -0.3 is 25.0 Å². The number of rotatable bonds is 10. The summed E-state index contributed by atoms with van der Waals surface area (Å²) in [4.78, 5) is 23.3. The predicted octanol–water partition coefficient (Wildman–Crippen LogP) is 1.43. The van der Waals surface area contributed by atoms with Gasteiger partial charge in [0.2, 0.25) is 5.76 Å². The maximum Gasteiger partial charge on any atom is 0.289 e. The average molecular weight is 401 g/mol. The molecule has 3 N–H and O–H groups in total. The monoisotopic (exact) mass is 401 g/mol.